The number of nitrogens with zero attached hydrogens (tertiary/aromatic N) is 8. The van der Waals surface area contributed by atoms with E-state index in [1.807, 2.05) is 59.0 Å². The van der Waals surface area contributed by atoms with Crippen molar-refractivity contribution in [1.29, 1.82) is 0 Å². The summed E-state index contributed by atoms with van der Waals surface area (Å²) in [4.78, 5) is 9.77. The number of hydrogen-bond acceptors (Lipinski definition) is 6. The number of benzene rings is 1. The van der Waals surface area contributed by atoms with Crippen molar-refractivity contribution < 1.29 is 4.74 Å². The molecule has 0 atom stereocenters. The second-order valence-corrected chi connectivity index (χ2v) is 9.93. The largest absolute Gasteiger partial charge is 0.385 e. The molecule has 0 N–H and O–H groups in total. The fraction of sp³-hybridized carbons (Fsp3) is 0.345. The van der Waals surface area contributed by atoms with Crippen LogP contribution in [-0.4, -0.2) is 53.0 Å². The van der Waals surface area contributed by atoms with Crippen LogP contribution in [-0.2, 0) is 51.1 Å². The van der Waals surface area contributed by atoms with Gasteiger partial charge in [-0.05, 0) is 42.0 Å². The van der Waals surface area contributed by atoms with E-state index in [1.165, 1.54) is 22.4 Å². The van der Waals surface area contributed by atoms with Gasteiger partial charge in [0.25, 0.3) is 0 Å². The van der Waals surface area contributed by atoms with Gasteiger partial charge in [0, 0.05) is 70.5 Å². The highest BCUT2D eigenvalue weighted by atomic mass is 16.5. The third kappa shape index (κ3) is 4.89. The fourth-order valence-corrected chi connectivity index (χ4v) is 5.23. The van der Waals surface area contributed by atoms with Crippen LogP contribution >= 0.6 is 0 Å². The molecule has 38 heavy (non-hydrogen) atoms. The maximum absolute atomic E-state index is 5.15. The lowest BCUT2D eigenvalue weighted by Crippen LogP contribution is -2.10. The van der Waals surface area contributed by atoms with Gasteiger partial charge in [-0.1, -0.05) is 24.3 Å². The number of ether oxygens (including phenoxy) is 1. The fourth-order valence-electron chi connectivity index (χ4n) is 5.23. The second kappa shape index (κ2) is 10.3. The monoisotopic (exact) mass is 508 g/mol. The lowest BCUT2D eigenvalue weighted by atomic mass is 9.91. The van der Waals surface area contributed by atoms with E-state index < -0.39 is 0 Å². The summed E-state index contributed by atoms with van der Waals surface area (Å²) >= 11 is 0. The van der Waals surface area contributed by atoms with Crippen LogP contribution in [0.3, 0.4) is 0 Å². The van der Waals surface area contributed by atoms with Crippen molar-refractivity contribution in [3.05, 3.63) is 89.2 Å². The Kier molecular flexibility index (Phi) is 6.59. The Balaban J connectivity index is 1.28. The minimum atomic E-state index is 0.600. The van der Waals surface area contributed by atoms with Gasteiger partial charge < -0.3 is 4.74 Å². The van der Waals surface area contributed by atoms with E-state index in [1.54, 1.807) is 7.11 Å². The zero-order valence-electron chi connectivity index (χ0n) is 22.1. The molecule has 0 saturated carbocycles. The maximum atomic E-state index is 5.15. The highest BCUT2D eigenvalue weighted by Crippen LogP contribution is 2.35. The van der Waals surface area contributed by atoms with Crippen molar-refractivity contribution in [3.63, 3.8) is 0 Å². The minimum Gasteiger partial charge on any atom is -0.385 e. The zero-order chi connectivity index (χ0) is 26.1. The van der Waals surface area contributed by atoms with Crippen LogP contribution in [0, 0.1) is 0 Å². The first kappa shape index (κ1) is 24.2. The smallest absolute Gasteiger partial charge is 0.134 e. The number of methoxy groups -OCH3 is 1. The quantitative estimate of drug-likeness (QED) is 0.282. The van der Waals surface area contributed by atoms with Crippen molar-refractivity contribution in [2.75, 3.05) is 13.7 Å². The van der Waals surface area contributed by atoms with E-state index in [4.69, 9.17) is 24.9 Å². The van der Waals surface area contributed by atoms with Crippen molar-refractivity contribution in [2.45, 2.75) is 38.6 Å². The molecule has 194 valence electrons. The summed E-state index contributed by atoms with van der Waals surface area (Å²) in [5, 5.41) is 13.9. The normalized spacial score (nSPS) is 12.5. The van der Waals surface area contributed by atoms with E-state index >= 15 is 0 Å². The number of rotatable bonds is 9. The first-order valence-electron chi connectivity index (χ1n) is 13.1. The van der Waals surface area contributed by atoms with Crippen molar-refractivity contribution in [3.8, 4) is 22.4 Å². The van der Waals surface area contributed by atoms with Gasteiger partial charge in [-0.2, -0.15) is 15.3 Å². The van der Waals surface area contributed by atoms with Gasteiger partial charge in [-0.15, -0.1) is 0 Å². The first-order valence-corrected chi connectivity index (χ1v) is 13.1. The number of fused-ring (bicyclic) bond motifs is 3. The van der Waals surface area contributed by atoms with E-state index in [9.17, 15) is 0 Å². The second-order valence-electron chi connectivity index (χ2n) is 9.93. The number of aromatic nitrogens is 8. The summed E-state index contributed by atoms with van der Waals surface area (Å²) in [5.74, 6) is 0.784. The predicted molar refractivity (Wildman–Crippen MR) is 145 cm³/mol. The third-order valence-corrected chi connectivity index (χ3v) is 7.13. The predicted octanol–water partition coefficient (Wildman–Crippen LogP) is 3.79. The lowest BCUT2D eigenvalue weighted by molar-refractivity contribution is 0.189. The molecule has 5 aromatic rings. The molecular formula is C29H32N8O. The molecule has 1 aliphatic carbocycles. The molecule has 0 radical (unpaired) electrons. The molecule has 1 aliphatic rings. The van der Waals surface area contributed by atoms with Gasteiger partial charge in [0.15, 0.2) is 0 Å². The van der Waals surface area contributed by atoms with Gasteiger partial charge in [-0.3, -0.25) is 14.0 Å². The summed E-state index contributed by atoms with van der Waals surface area (Å²) in [7, 11) is 5.70. The van der Waals surface area contributed by atoms with E-state index in [0.29, 0.717) is 6.42 Å². The molecule has 6 rings (SSSR count). The molecule has 0 spiro atoms. The molecule has 9 nitrogen and oxygen atoms in total. The van der Waals surface area contributed by atoms with E-state index in [-0.39, 0.29) is 0 Å². The summed E-state index contributed by atoms with van der Waals surface area (Å²) in [6, 6.07) is 10.7. The highest BCUT2D eigenvalue weighted by molar-refractivity contribution is 5.71. The molecular weight excluding hydrogens is 476 g/mol. The van der Waals surface area contributed by atoms with Crippen LogP contribution in [0.15, 0.2) is 55.1 Å². The van der Waals surface area contributed by atoms with Gasteiger partial charge in [0.1, 0.15) is 5.82 Å². The first-order chi connectivity index (χ1) is 18.6. The Morgan fingerprint density at radius 3 is 2.76 bits per heavy atom. The zero-order valence-corrected chi connectivity index (χ0v) is 22.1. The number of aryl methyl sites for hydroxylation is 5. The lowest BCUT2D eigenvalue weighted by Gasteiger charge is -2.16. The van der Waals surface area contributed by atoms with Crippen LogP contribution in [0.5, 0.6) is 0 Å². The molecule has 4 heterocycles. The molecule has 0 aliphatic heterocycles. The Morgan fingerprint density at radius 1 is 1.00 bits per heavy atom. The molecule has 0 bridgehead atoms. The van der Waals surface area contributed by atoms with Crippen LogP contribution in [0.2, 0.25) is 0 Å². The standard InChI is InChI=1S/C29H32N8O/c1-35-19-23(18-31-35)21-7-4-6-20(14-21)15-26-28-25(34-36(26)2)9-8-22-17-30-27(32-29(22)28)16-24-10-12-37(33-24)11-5-13-38-3/h4,6-7,10,12,14,17-19H,5,8-9,11,13,15-16H2,1-3H3. The molecule has 4 aromatic heterocycles. The summed E-state index contributed by atoms with van der Waals surface area (Å²) < 4.78 is 11.0. The minimum absolute atomic E-state index is 0.600. The van der Waals surface area contributed by atoms with Gasteiger partial charge in [0.2, 0.25) is 0 Å². The Morgan fingerprint density at radius 2 is 1.92 bits per heavy atom. The van der Waals surface area contributed by atoms with Crippen molar-refractivity contribution in [1.82, 2.24) is 39.3 Å². The maximum Gasteiger partial charge on any atom is 0.134 e. The molecule has 0 fully saturated rings. The topological polar surface area (TPSA) is 88.5 Å². The molecule has 0 amide bonds. The van der Waals surface area contributed by atoms with Crippen LogP contribution < -0.4 is 0 Å². The Hall–Kier alpha value is -4.11. The highest BCUT2D eigenvalue weighted by Gasteiger charge is 2.26. The van der Waals surface area contributed by atoms with Crippen LogP contribution in [0.1, 0.15) is 40.5 Å². The third-order valence-electron chi connectivity index (χ3n) is 7.13. The SMILES string of the molecule is COCCCn1ccc(Cc2ncc3c(n2)-c2c(nn(C)c2Cc2cccc(-c4cnn(C)c4)c2)CC3)n1. The van der Waals surface area contributed by atoms with Gasteiger partial charge in [0.05, 0.1) is 35.4 Å². The van der Waals surface area contributed by atoms with Crippen LogP contribution in [0.4, 0.5) is 0 Å². The van der Waals surface area contributed by atoms with Crippen LogP contribution in [0.25, 0.3) is 22.4 Å². The van der Waals surface area contributed by atoms with E-state index in [2.05, 4.69) is 29.4 Å². The molecule has 0 saturated heterocycles. The molecule has 1 aromatic carbocycles. The van der Waals surface area contributed by atoms with Gasteiger partial charge >= 0.3 is 0 Å². The Labute approximate surface area is 222 Å². The average Bonchev–Trinajstić information content (AvgIpc) is 3.64. The average molecular weight is 509 g/mol. The summed E-state index contributed by atoms with van der Waals surface area (Å²) in [6.45, 7) is 1.57. The molecule has 9 heteroatoms. The van der Waals surface area contributed by atoms with Crippen molar-refractivity contribution in [2.24, 2.45) is 14.1 Å². The molecule has 0 unspecified atom stereocenters. The number of hydrogen-bond donors (Lipinski definition) is 0. The van der Waals surface area contributed by atoms with Crippen molar-refractivity contribution >= 4 is 0 Å². The summed E-state index contributed by atoms with van der Waals surface area (Å²) in [5.41, 5.74) is 10.1. The van der Waals surface area contributed by atoms with E-state index in [0.717, 1.165) is 72.9 Å². The summed E-state index contributed by atoms with van der Waals surface area (Å²) in [6.07, 6.45) is 12.1. The van der Waals surface area contributed by atoms with Gasteiger partial charge in [-0.25, -0.2) is 9.97 Å². The Bertz CT molecular complexity index is 1580.